The molecule has 3 nitrogen and oxygen atoms in total. The zero-order valence-corrected chi connectivity index (χ0v) is 10.5. The third-order valence-corrected chi connectivity index (χ3v) is 2.92. The maximum atomic E-state index is 11.1. The van der Waals surface area contributed by atoms with Gasteiger partial charge in [-0.25, -0.2) is 4.79 Å². The van der Waals surface area contributed by atoms with Crippen LogP contribution in [0.2, 0.25) is 0 Å². The van der Waals surface area contributed by atoms with E-state index in [1.165, 1.54) is 11.6 Å². The molecule has 0 spiro atoms. The van der Waals surface area contributed by atoms with Crippen LogP contribution in [0.3, 0.4) is 0 Å². The first-order valence-electron chi connectivity index (χ1n) is 5.87. The summed E-state index contributed by atoms with van der Waals surface area (Å²) in [5, 5.41) is 17.9. The highest BCUT2D eigenvalue weighted by Gasteiger charge is 2.09. The van der Waals surface area contributed by atoms with E-state index in [9.17, 15) is 4.79 Å². The quantitative estimate of drug-likeness (QED) is 0.817. The molecule has 2 aromatic rings. The van der Waals surface area contributed by atoms with Crippen LogP contribution in [0.5, 0.6) is 0 Å². The monoisotopic (exact) mass is 254 g/mol. The van der Waals surface area contributed by atoms with Gasteiger partial charge in [-0.15, -0.1) is 0 Å². The Morgan fingerprint density at radius 1 is 1.05 bits per heavy atom. The number of carboxylic acid groups (broad SMARTS) is 1. The van der Waals surface area contributed by atoms with Crippen LogP contribution in [0, 0.1) is 6.92 Å². The summed E-state index contributed by atoms with van der Waals surface area (Å²) in [5.41, 5.74) is 3.74. The molecule has 0 atom stereocenters. The van der Waals surface area contributed by atoms with Gasteiger partial charge in [0.25, 0.3) is 0 Å². The molecule has 0 heterocycles. The molecule has 0 saturated carbocycles. The van der Waals surface area contributed by atoms with Crippen LogP contribution in [0.25, 0.3) is 17.2 Å². The van der Waals surface area contributed by atoms with Gasteiger partial charge in [-0.2, -0.15) is 0 Å². The van der Waals surface area contributed by atoms with E-state index in [-0.39, 0.29) is 5.56 Å². The summed E-state index contributed by atoms with van der Waals surface area (Å²) >= 11 is 0. The molecule has 0 saturated heterocycles. The molecule has 2 rings (SSSR count). The van der Waals surface area contributed by atoms with Crippen LogP contribution < -0.4 is 0 Å². The number of hydrogen-bond acceptors (Lipinski definition) is 2. The lowest BCUT2D eigenvalue weighted by molar-refractivity contribution is 0.0696. The van der Waals surface area contributed by atoms with Crippen molar-refractivity contribution in [2.24, 2.45) is 0 Å². The van der Waals surface area contributed by atoms with Crippen LogP contribution in [-0.4, -0.2) is 16.2 Å². The number of carboxylic acids is 1. The number of benzene rings is 2. The van der Waals surface area contributed by atoms with Crippen molar-refractivity contribution in [1.29, 1.82) is 0 Å². The van der Waals surface area contributed by atoms with Gasteiger partial charge in [0.05, 0.1) is 11.8 Å². The minimum Gasteiger partial charge on any atom is -0.516 e. The Balaban J connectivity index is 2.51. The highest BCUT2D eigenvalue weighted by molar-refractivity contribution is 5.93. The predicted octanol–water partition coefficient (Wildman–Crippen LogP) is 3.89. The summed E-state index contributed by atoms with van der Waals surface area (Å²) in [6.45, 7) is 2.01. The Hall–Kier alpha value is -2.55. The van der Waals surface area contributed by atoms with E-state index in [4.69, 9.17) is 10.2 Å². The molecule has 3 heteroatoms. The van der Waals surface area contributed by atoms with E-state index in [2.05, 4.69) is 0 Å². The Labute approximate surface area is 111 Å². The number of aliphatic hydroxyl groups excluding tert-OH is 1. The van der Waals surface area contributed by atoms with Gasteiger partial charge in [-0.3, -0.25) is 0 Å². The first-order valence-corrected chi connectivity index (χ1v) is 5.87. The number of rotatable bonds is 3. The first-order chi connectivity index (χ1) is 9.11. The number of aliphatic hydroxyl groups is 1. The molecule has 0 fully saturated rings. The summed E-state index contributed by atoms with van der Waals surface area (Å²) in [5.74, 6) is -1.01. The van der Waals surface area contributed by atoms with Gasteiger partial charge in [0, 0.05) is 0 Å². The third kappa shape index (κ3) is 2.83. The number of hydrogen-bond donors (Lipinski definition) is 2. The molecule has 0 aromatic heterocycles. The van der Waals surface area contributed by atoms with E-state index in [0.717, 1.165) is 17.4 Å². The largest absolute Gasteiger partial charge is 0.516 e. The standard InChI is InChI=1S/C16H14O3/c1-11-2-4-12(5-3-11)13-6-7-15(16(18)19)14(10-13)8-9-17/h2-10,17H,1H3,(H,18,19)/b9-8+. The lowest BCUT2D eigenvalue weighted by Crippen LogP contribution is -1.99. The second kappa shape index (κ2) is 5.40. The average Bonchev–Trinajstić information content (AvgIpc) is 2.39. The van der Waals surface area contributed by atoms with Crippen LogP contribution in [0.4, 0.5) is 0 Å². The molecule has 2 aromatic carbocycles. The molecule has 0 amide bonds. The lowest BCUT2D eigenvalue weighted by Gasteiger charge is -2.06. The Bertz CT molecular complexity index is 625. The number of aromatic carboxylic acids is 1. The number of carbonyl (C=O) groups is 1. The highest BCUT2D eigenvalue weighted by atomic mass is 16.4. The van der Waals surface area contributed by atoms with Crippen LogP contribution in [0.15, 0.2) is 48.7 Å². The Kier molecular flexibility index (Phi) is 3.66. The van der Waals surface area contributed by atoms with Crippen molar-refractivity contribution in [2.75, 3.05) is 0 Å². The maximum Gasteiger partial charge on any atom is 0.336 e. The zero-order valence-electron chi connectivity index (χ0n) is 10.5. The Morgan fingerprint density at radius 3 is 2.26 bits per heavy atom. The fourth-order valence-electron chi connectivity index (χ4n) is 1.90. The summed E-state index contributed by atoms with van der Waals surface area (Å²) in [6, 6.07) is 13.0. The lowest BCUT2D eigenvalue weighted by atomic mass is 9.98. The van der Waals surface area contributed by atoms with Crippen molar-refractivity contribution in [2.45, 2.75) is 6.92 Å². The van der Waals surface area contributed by atoms with E-state index >= 15 is 0 Å². The van der Waals surface area contributed by atoms with E-state index in [0.29, 0.717) is 5.56 Å². The summed E-state index contributed by atoms with van der Waals surface area (Å²) in [6.07, 6.45) is 2.22. The fraction of sp³-hybridized carbons (Fsp3) is 0.0625. The second-order valence-electron chi connectivity index (χ2n) is 4.29. The van der Waals surface area contributed by atoms with Crippen molar-refractivity contribution < 1.29 is 15.0 Å². The summed E-state index contributed by atoms with van der Waals surface area (Å²) in [4.78, 5) is 11.1. The number of aryl methyl sites for hydroxylation is 1. The van der Waals surface area contributed by atoms with Gasteiger partial charge < -0.3 is 10.2 Å². The molecular weight excluding hydrogens is 240 g/mol. The molecular formula is C16H14O3. The smallest absolute Gasteiger partial charge is 0.336 e. The minimum absolute atomic E-state index is 0.168. The molecule has 2 N–H and O–H groups in total. The van der Waals surface area contributed by atoms with Crippen LogP contribution >= 0.6 is 0 Å². The van der Waals surface area contributed by atoms with Gasteiger partial charge in [0.1, 0.15) is 0 Å². The summed E-state index contributed by atoms with van der Waals surface area (Å²) < 4.78 is 0. The van der Waals surface area contributed by atoms with Crippen molar-refractivity contribution in [1.82, 2.24) is 0 Å². The zero-order chi connectivity index (χ0) is 13.8. The molecule has 96 valence electrons. The minimum atomic E-state index is -1.01. The molecule has 19 heavy (non-hydrogen) atoms. The Morgan fingerprint density at radius 2 is 1.68 bits per heavy atom. The third-order valence-electron chi connectivity index (χ3n) is 2.92. The van der Waals surface area contributed by atoms with E-state index in [1.807, 2.05) is 31.2 Å². The van der Waals surface area contributed by atoms with Crippen molar-refractivity contribution in [3.63, 3.8) is 0 Å². The summed E-state index contributed by atoms with van der Waals surface area (Å²) in [7, 11) is 0. The second-order valence-corrected chi connectivity index (χ2v) is 4.29. The van der Waals surface area contributed by atoms with E-state index in [1.54, 1.807) is 18.2 Å². The average molecular weight is 254 g/mol. The van der Waals surface area contributed by atoms with Crippen molar-refractivity contribution in [3.05, 3.63) is 65.4 Å². The normalized spacial score (nSPS) is 10.8. The van der Waals surface area contributed by atoms with Crippen LogP contribution in [0.1, 0.15) is 21.5 Å². The van der Waals surface area contributed by atoms with Gasteiger partial charge in [0.2, 0.25) is 0 Å². The van der Waals surface area contributed by atoms with Crippen molar-refractivity contribution in [3.8, 4) is 11.1 Å². The molecule has 0 bridgehead atoms. The molecule has 0 aliphatic rings. The highest BCUT2D eigenvalue weighted by Crippen LogP contribution is 2.24. The maximum absolute atomic E-state index is 11.1. The van der Waals surface area contributed by atoms with Gasteiger partial charge >= 0.3 is 5.97 Å². The topological polar surface area (TPSA) is 57.5 Å². The predicted molar refractivity (Wildman–Crippen MR) is 75.2 cm³/mol. The van der Waals surface area contributed by atoms with Crippen LogP contribution in [-0.2, 0) is 0 Å². The molecule has 0 unspecified atom stereocenters. The van der Waals surface area contributed by atoms with Gasteiger partial charge in [-0.1, -0.05) is 35.9 Å². The van der Waals surface area contributed by atoms with Crippen molar-refractivity contribution >= 4 is 12.0 Å². The van der Waals surface area contributed by atoms with Gasteiger partial charge in [-0.05, 0) is 41.8 Å². The van der Waals surface area contributed by atoms with E-state index < -0.39 is 5.97 Å². The molecule has 0 aliphatic heterocycles. The SMILES string of the molecule is Cc1ccc(-c2ccc(C(=O)O)c(/C=C/O)c2)cc1. The fourth-order valence-corrected chi connectivity index (χ4v) is 1.90. The molecule has 0 aliphatic carbocycles. The van der Waals surface area contributed by atoms with Gasteiger partial charge in [0.15, 0.2) is 0 Å². The first kappa shape index (κ1) is 12.9. The molecule has 0 radical (unpaired) electrons.